The summed E-state index contributed by atoms with van der Waals surface area (Å²) in [5.41, 5.74) is 11.7. The van der Waals surface area contributed by atoms with Gasteiger partial charge in [-0.1, -0.05) is 135 Å². The first kappa shape index (κ1) is 32.3. The third kappa shape index (κ3) is 5.45. The second-order valence-corrected chi connectivity index (χ2v) is 16.1. The van der Waals surface area contributed by atoms with E-state index in [9.17, 15) is 0 Å². The molecule has 0 bridgehead atoms. The number of furan rings is 1. The topological polar surface area (TPSA) is 16.4 Å². The smallest absolute Gasteiger partial charge is 0.135 e. The van der Waals surface area contributed by atoms with Crippen molar-refractivity contribution in [1.29, 1.82) is 0 Å². The van der Waals surface area contributed by atoms with Crippen molar-refractivity contribution in [2.24, 2.45) is 0 Å². The summed E-state index contributed by atoms with van der Waals surface area (Å²) in [6.45, 7) is 0. The van der Waals surface area contributed by atoms with Crippen molar-refractivity contribution in [3.63, 3.8) is 0 Å². The van der Waals surface area contributed by atoms with E-state index >= 15 is 0 Å². The Bertz CT molecular complexity index is 3050. The molecule has 11 rings (SSSR count). The number of fused-ring (bicyclic) bond motifs is 7. The van der Waals surface area contributed by atoms with Crippen LogP contribution in [0.3, 0.4) is 0 Å². The van der Waals surface area contributed by atoms with Crippen LogP contribution in [-0.2, 0) is 0 Å². The van der Waals surface area contributed by atoms with Gasteiger partial charge in [0, 0.05) is 42.2 Å². The van der Waals surface area contributed by atoms with Crippen molar-refractivity contribution in [3.05, 3.63) is 175 Å². The molecule has 0 saturated heterocycles. The molecule has 55 heavy (non-hydrogen) atoms. The summed E-state index contributed by atoms with van der Waals surface area (Å²) in [6, 6.07) is 62.6. The van der Waals surface area contributed by atoms with Gasteiger partial charge in [0.2, 0.25) is 0 Å². The summed E-state index contributed by atoms with van der Waals surface area (Å²) in [5.74, 6) is 0.592. The zero-order valence-corrected chi connectivity index (χ0v) is 31.4. The van der Waals surface area contributed by atoms with Gasteiger partial charge in [-0.25, -0.2) is 0 Å². The maximum absolute atomic E-state index is 6.21. The third-order valence-electron chi connectivity index (χ3n) is 11.9. The molecule has 0 atom stereocenters. The second kappa shape index (κ2) is 13.3. The molecule has 0 unspecified atom stereocenters. The fraction of sp³-hybridized carbons (Fsp3) is 0.115. The molecule has 0 N–H and O–H groups in total. The molecule has 1 aliphatic rings. The summed E-state index contributed by atoms with van der Waals surface area (Å²) >= 11 is 1.87. The van der Waals surface area contributed by atoms with Crippen molar-refractivity contribution < 1.29 is 4.42 Å². The minimum absolute atomic E-state index is 0.592. The van der Waals surface area contributed by atoms with Gasteiger partial charge in [-0.05, 0) is 106 Å². The summed E-state index contributed by atoms with van der Waals surface area (Å²) in [4.78, 5) is 2.52. The highest BCUT2D eigenvalue weighted by molar-refractivity contribution is 7.26. The largest absolute Gasteiger partial charge is 0.456 e. The predicted molar refractivity (Wildman–Crippen MR) is 235 cm³/mol. The van der Waals surface area contributed by atoms with Crippen LogP contribution in [0.4, 0.5) is 17.1 Å². The highest BCUT2D eigenvalue weighted by Crippen LogP contribution is 2.49. The molecule has 10 aromatic rings. The Morgan fingerprint density at radius 3 is 2.09 bits per heavy atom. The monoisotopic (exact) mass is 725 g/mol. The van der Waals surface area contributed by atoms with Gasteiger partial charge in [-0.15, -0.1) is 11.3 Å². The first-order valence-electron chi connectivity index (χ1n) is 19.6. The Labute approximate surface area is 324 Å². The maximum Gasteiger partial charge on any atom is 0.135 e. The maximum atomic E-state index is 6.21. The normalized spacial score (nSPS) is 13.7. The van der Waals surface area contributed by atoms with Crippen molar-refractivity contribution >= 4 is 81.3 Å². The van der Waals surface area contributed by atoms with E-state index in [1.54, 1.807) is 0 Å². The molecular weight excluding hydrogens is 687 g/mol. The number of nitrogens with zero attached hydrogens (tertiary/aromatic N) is 1. The molecule has 2 aromatic heterocycles. The van der Waals surface area contributed by atoms with Crippen molar-refractivity contribution in [3.8, 4) is 22.3 Å². The first-order valence-corrected chi connectivity index (χ1v) is 20.4. The van der Waals surface area contributed by atoms with Gasteiger partial charge in [0.25, 0.3) is 0 Å². The van der Waals surface area contributed by atoms with Crippen molar-refractivity contribution in [1.82, 2.24) is 0 Å². The minimum Gasteiger partial charge on any atom is -0.456 e. The molecule has 0 spiro atoms. The SMILES string of the molecule is c1cc(-c2ccc3oc4ccccc4c3c2)cc(N(c2ccccc2-c2cccc3cccc(C4CCCCC4)c23)c2cccc3sc4ccccc4c23)c1. The number of para-hydroxylation sites is 2. The van der Waals surface area contributed by atoms with Gasteiger partial charge in [0.15, 0.2) is 0 Å². The lowest BCUT2D eigenvalue weighted by molar-refractivity contribution is 0.445. The predicted octanol–water partition coefficient (Wildman–Crippen LogP) is 16.0. The molecule has 2 nitrogen and oxygen atoms in total. The van der Waals surface area contributed by atoms with Crippen LogP contribution in [0, 0.1) is 0 Å². The molecule has 2 heterocycles. The van der Waals surface area contributed by atoms with Gasteiger partial charge in [-0.2, -0.15) is 0 Å². The van der Waals surface area contributed by atoms with Gasteiger partial charge < -0.3 is 9.32 Å². The summed E-state index contributed by atoms with van der Waals surface area (Å²) in [5, 5.41) is 7.58. The molecule has 1 aliphatic carbocycles. The minimum atomic E-state index is 0.592. The standard InChI is InChI=1S/C52H39NOS/c1-2-14-34(15-3-1)39-23-11-16-35-17-12-24-42(51(35)39)40-20-4-7-25-45(40)53(46-26-13-29-50-52(46)43-22-6-9-28-49(43)55-50)38-19-10-18-36(32-38)37-30-31-48-44(33-37)41-21-5-8-27-47(41)54-48/h4-13,16-34H,1-3,14-15H2. The van der Waals surface area contributed by atoms with E-state index in [1.165, 1.54) is 102 Å². The van der Waals surface area contributed by atoms with E-state index in [0.29, 0.717) is 5.92 Å². The van der Waals surface area contributed by atoms with Crippen LogP contribution in [0.15, 0.2) is 174 Å². The highest BCUT2D eigenvalue weighted by atomic mass is 32.1. The number of thiophene rings is 1. The van der Waals surface area contributed by atoms with Gasteiger partial charge >= 0.3 is 0 Å². The lowest BCUT2D eigenvalue weighted by Gasteiger charge is -2.30. The quantitative estimate of drug-likeness (QED) is 0.170. The number of anilines is 3. The number of hydrogen-bond acceptors (Lipinski definition) is 3. The number of hydrogen-bond donors (Lipinski definition) is 0. The third-order valence-corrected chi connectivity index (χ3v) is 13.0. The molecule has 8 aromatic carbocycles. The average molecular weight is 726 g/mol. The Morgan fingerprint density at radius 1 is 0.473 bits per heavy atom. The molecule has 0 amide bonds. The molecule has 0 aliphatic heterocycles. The van der Waals surface area contributed by atoms with Crippen LogP contribution in [0.5, 0.6) is 0 Å². The average Bonchev–Trinajstić information content (AvgIpc) is 3.83. The number of rotatable bonds is 6. The summed E-state index contributed by atoms with van der Waals surface area (Å²) < 4.78 is 8.81. The molecular formula is C52H39NOS. The fourth-order valence-corrected chi connectivity index (χ4v) is 10.5. The van der Waals surface area contributed by atoms with Gasteiger partial charge in [-0.3, -0.25) is 0 Å². The van der Waals surface area contributed by atoms with Crippen molar-refractivity contribution in [2.75, 3.05) is 4.90 Å². The van der Waals surface area contributed by atoms with E-state index in [-0.39, 0.29) is 0 Å². The van der Waals surface area contributed by atoms with Crippen LogP contribution < -0.4 is 4.90 Å². The van der Waals surface area contributed by atoms with Crippen LogP contribution in [0.25, 0.3) is 75.1 Å². The van der Waals surface area contributed by atoms with Crippen LogP contribution in [-0.4, -0.2) is 0 Å². The fourth-order valence-electron chi connectivity index (χ4n) is 9.33. The van der Waals surface area contributed by atoms with Gasteiger partial charge in [0.05, 0.1) is 11.4 Å². The van der Waals surface area contributed by atoms with E-state index in [0.717, 1.165) is 27.6 Å². The first-order chi connectivity index (χ1) is 27.3. The van der Waals surface area contributed by atoms with Crippen molar-refractivity contribution in [2.45, 2.75) is 38.0 Å². The zero-order valence-electron chi connectivity index (χ0n) is 30.5. The van der Waals surface area contributed by atoms with Crippen LogP contribution >= 0.6 is 11.3 Å². The lowest BCUT2D eigenvalue weighted by Crippen LogP contribution is -2.12. The lowest BCUT2D eigenvalue weighted by atomic mass is 9.80. The summed E-state index contributed by atoms with van der Waals surface area (Å²) in [6.07, 6.45) is 6.50. The van der Waals surface area contributed by atoms with Gasteiger partial charge in [0.1, 0.15) is 11.2 Å². The van der Waals surface area contributed by atoms with Crippen LogP contribution in [0.2, 0.25) is 0 Å². The second-order valence-electron chi connectivity index (χ2n) is 15.0. The van der Waals surface area contributed by atoms with E-state index in [2.05, 4.69) is 163 Å². The zero-order chi connectivity index (χ0) is 36.3. The Kier molecular flexibility index (Phi) is 7.81. The molecule has 0 radical (unpaired) electrons. The molecule has 1 saturated carbocycles. The highest BCUT2D eigenvalue weighted by Gasteiger charge is 2.24. The van der Waals surface area contributed by atoms with E-state index < -0.39 is 0 Å². The van der Waals surface area contributed by atoms with Crippen LogP contribution in [0.1, 0.15) is 43.6 Å². The molecule has 3 heteroatoms. The van der Waals surface area contributed by atoms with E-state index in [4.69, 9.17) is 4.42 Å². The molecule has 264 valence electrons. The Hall–Kier alpha value is -6.16. The Balaban J connectivity index is 1.16. The summed E-state index contributed by atoms with van der Waals surface area (Å²) in [7, 11) is 0. The number of benzene rings is 8. The Morgan fingerprint density at radius 2 is 1.16 bits per heavy atom. The van der Waals surface area contributed by atoms with E-state index in [1.807, 2.05) is 23.5 Å². The molecule has 1 fully saturated rings.